The van der Waals surface area contributed by atoms with Gasteiger partial charge in [-0.15, -0.1) is 0 Å². The zero-order valence-corrected chi connectivity index (χ0v) is 14.8. The lowest BCUT2D eigenvalue weighted by atomic mass is 10.1. The predicted octanol–water partition coefficient (Wildman–Crippen LogP) is 2.53. The molecule has 6 heteroatoms. The average molecular weight is 354 g/mol. The number of rotatable bonds is 5. The maximum atomic E-state index is 12.4. The summed E-state index contributed by atoms with van der Waals surface area (Å²) in [4.78, 5) is 24.2. The van der Waals surface area contributed by atoms with Crippen molar-refractivity contribution in [1.29, 1.82) is 0 Å². The molecule has 0 fully saturated rings. The summed E-state index contributed by atoms with van der Waals surface area (Å²) >= 11 is 0. The zero-order chi connectivity index (χ0) is 18.5. The van der Waals surface area contributed by atoms with E-state index in [0.29, 0.717) is 23.6 Å². The van der Waals surface area contributed by atoms with Gasteiger partial charge in [0.25, 0.3) is 5.91 Å². The highest BCUT2D eigenvalue weighted by Gasteiger charge is 2.27. The summed E-state index contributed by atoms with van der Waals surface area (Å²) in [7, 11) is 0. The average Bonchev–Trinajstić information content (AvgIpc) is 2.62. The van der Waals surface area contributed by atoms with Crippen LogP contribution in [-0.2, 0) is 16.0 Å². The molecule has 0 radical (unpaired) electrons. The SMILES string of the molecule is CC(C)NC(=O)Cc1ccc(NC(=O)C2COc3ccccc3O2)cc1. The van der Waals surface area contributed by atoms with E-state index in [0.717, 1.165) is 5.56 Å². The molecule has 0 bridgehead atoms. The lowest BCUT2D eigenvalue weighted by molar-refractivity contribution is -0.125. The number of nitrogens with one attached hydrogen (secondary N) is 2. The first-order valence-electron chi connectivity index (χ1n) is 8.59. The molecule has 0 saturated heterocycles. The molecule has 136 valence electrons. The Hall–Kier alpha value is -3.02. The number of ether oxygens (including phenoxy) is 2. The second-order valence-corrected chi connectivity index (χ2v) is 6.45. The summed E-state index contributed by atoms with van der Waals surface area (Å²) in [6.07, 6.45) is -0.399. The lowest BCUT2D eigenvalue weighted by Gasteiger charge is -2.25. The van der Waals surface area contributed by atoms with E-state index in [1.54, 1.807) is 24.3 Å². The second kappa shape index (κ2) is 7.91. The molecule has 0 spiro atoms. The van der Waals surface area contributed by atoms with Gasteiger partial charge in [0, 0.05) is 11.7 Å². The Kier molecular flexibility index (Phi) is 5.41. The fourth-order valence-corrected chi connectivity index (χ4v) is 2.64. The smallest absolute Gasteiger partial charge is 0.269 e. The summed E-state index contributed by atoms with van der Waals surface area (Å²) in [5, 5.41) is 5.66. The first-order valence-corrected chi connectivity index (χ1v) is 8.59. The van der Waals surface area contributed by atoms with Gasteiger partial charge in [0.2, 0.25) is 12.0 Å². The number of fused-ring (bicyclic) bond motifs is 1. The van der Waals surface area contributed by atoms with Crippen molar-refractivity contribution in [3.63, 3.8) is 0 Å². The van der Waals surface area contributed by atoms with E-state index in [9.17, 15) is 9.59 Å². The topological polar surface area (TPSA) is 76.7 Å². The Labute approximate surface area is 152 Å². The third-order valence-corrected chi connectivity index (χ3v) is 3.84. The highest BCUT2D eigenvalue weighted by atomic mass is 16.6. The number of anilines is 1. The van der Waals surface area contributed by atoms with Crippen molar-refractivity contribution < 1.29 is 19.1 Å². The van der Waals surface area contributed by atoms with Gasteiger partial charge in [-0.25, -0.2) is 0 Å². The molecule has 2 aromatic rings. The van der Waals surface area contributed by atoms with E-state index in [-0.39, 0.29) is 24.5 Å². The largest absolute Gasteiger partial charge is 0.485 e. The van der Waals surface area contributed by atoms with Gasteiger partial charge in [-0.3, -0.25) is 9.59 Å². The molecule has 26 heavy (non-hydrogen) atoms. The van der Waals surface area contributed by atoms with Crippen LogP contribution in [-0.4, -0.2) is 30.6 Å². The number of para-hydroxylation sites is 2. The lowest BCUT2D eigenvalue weighted by Crippen LogP contribution is -2.40. The zero-order valence-electron chi connectivity index (χ0n) is 14.8. The van der Waals surface area contributed by atoms with Crippen LogP contribution in [0.25, 0.3) is 0 Å². The fraction of sp³-hybridized carbons (Fsp3) is 0.300. The van der Waals surface area contributed by atoms with Crippen molar-refractivity contribution in [3.8, 4) is 11.5 Å². The van der Waals surface area contributed by atoms with Gasteiger partial charge in [-0.05, 0) is 43.7 Å². The van der Waals surface area contributed by atoms with E-state index in [4.69, 9.17) is 9.47 Å². The molecule has 0 saturated carbocycles. The molecule has 1 aliphatic rings. The van der Waals surface area contributed by atoms with E-state index in [1.807, 2.05) is 38.1 Å². The van der Waals surface area contributed by atoms with Crippen LogP contribution < -0.4 is 20.1 Å². The van der Waals surface area contributed by atoms with Crippen LogP contribution in [0, 0.1) is 0 Å². The van der Waals surface area contributed by atoms with Gasteiger partial charge in [0.05, 0.1) is 6.42 Å². The number of hydrogen-bond donors (Lipinski definition) is 2. The molecule has 1 atom stereocenters. The van der Waals surface area contributed by atoms with Crippen LogP contribution in [0.1, 0.15) is 19.4 Å². The monoisotopic (exact) mass is 354 g/mol. The van der Waals surface area contributed by atoms with Crippen LogP contribution in [0.3, 0.4) is 0 Å². The van der Waals surface area contributed by atoms with Gasteiger partial charge in [0.15, 0.2) is 11.5 Å². The molecule has 1 heterocycles. The predicted molar refractivity (Wildman–Crippen MR) is 98.4 cm³/mol. The number of hydrogen-bond acceptors (Lipinski definition) is 4. The molecular formula is C20H22N2O4. The summed E-state index contributed by atoms with van der Waals surface area (Å²) in [6, 6.07) is 14.6. The van der Waals surface area contributed by atoms with Crippen molar-refractivity contribution in [2.24, 2.45) is 0 Å². The Morgan fingerprint density at radius 2 is 1.77 bits per heavy atom. The molecule has 0 aliphatic carbocycles. The van der Waals surface area contributed by atoms with E-state index in [1.165, 1.54) is 0 Å². The number of carbonyl (C=O) groups is 2. The van der Waals surface area contributed by atoms with Crippen LogP contribution in [0.5, 0.6) is 11.5 Å². The third-order valence-electron chi connectivity index (χ3n) is 3.84. The maximum absolute atomic E-state index is 12.4. The van der Waals surface area contributed by atoms with Crippen molar-refractivity contribution in [3.05, 3.63) is 54.1 Å². The Balaban J connectivity index is 1.56. The highest BCUT2D eigenvalue weighted by molar-refractivity contribution is 5.94. The van der Waals surface area contributed by atoms with Crippen molar-refractivity contribution in [2.45, 2.75) is 32.4 Å². The maximum Gasteiger partial charge on any atom is 0.269 e. The molecule has 0 aromatic heterocycles. The summed E-state index contributed by atoms with van der Waals surface area (Å²) in [5.41, 5.74) is 1.53. The van der Waals surface area contributed by atoms with Crippen LogP contribution in [0.2, 0.25) is 0 Å². The summed E-state index contributed by atoms with van der Waals surface area (Å²) in [6.45, 7) is 4.01. The van der Waals surface area contributed by atoms with Crippen LogP contribution >= 0.6 is 0 Å². The minimum atomic E-state index is -0.707. The molecule has 2 N–H and O–H groups in total. The van der Waals surface area contributed by atoms with Crippen molar-refractivity contribution >= 4 is 17.5 Å². The van der Waals surface area contributed by atoms with Gasteiger partial charge in [0.1, 0.15) is 6.61 Å². The fourth-order valence-electron chi connectivity index (χ4n) is 2.64. The summed E-state index contributed by atoms with van der Waals surface area (Å²) < 4.78 is 11.2. The number of carbonyl (C=O) groups excluding carboxylic acids is 2. The molecule has 1 aliphatic heterocycles. The van der Waals surface area contributed by atoms with Gasteiger partial charge < -0.3 is 20.1 Å². The Morgan fingerprint density at radius 3 is 2.46 bits per heavy atom. The normalized spacial score (nSPS) is 15.4. The van der Waals surface area contributed by atoms with Crippen molar-refractivity contribution in [2.75, 3.05) is 11.9 Å². The van der Waals surface area contributed by atoms with E-state index < -0.39 is 6.10 Å². The van der Waals surface area contributed by atoms with E-state index >= 15 is 0 Å². The van der Waals surface area contributed by atoms with E-state index in [2.05, 4.69) is 10.6 Å². The van der Waals surface area contributed by atoms with Crippen LogP contribution in [0.4, 0.5) is 5.69 Å². The van der Waals surface area contributed by atoms with Crippen molar-refractivity contribution in [1.82, 2.24) is 5.32 Å². The second-order valence-electron chi connectivity index (χ2n) is 6.45. The number of amides is 2. The third kappa shape index (κ3) is 4.53. The molecular weight excluding hydrogens is 332 g/mol. The first-order chi connectivity index (χ1) is 12.5. The Bertz CT molecular complexity index is 787. The minimum absolute atomic E-state index is 0.0248. The molecule has 2 aromatic carbocycles. The summed E-state index contributed by atoms with van der Waals surface area (Å²) in [5.74, 6) is 0.902. The van der Waals surface area contributed by atoms with Gasteiger partial charge in [-0.1, -0.05) is 24.3 Å². The first kappa shape index (κ1) is 17.8. The minimum Gasteiger partial charge on any atom is -0.485 e. The molecule has 3 rings (SSSR count). The van der Waals surface area contributed by atoms with Gasteiger partial charge >= 0.3 is 0 Å². The molecule has 1 unspecified atom stereocenters. The molecule has 2 amide bonds. The quantitative estimate of drug-likeness (QED) is 0.865. The molecule has 6 nitrogen and oxygen atoms in total. The standard InChI is InChI=1S/C20H22N2O4/c1-13(2)21-19(23)11-14-7-9-15(10-8-14)22-20(24)18-12-25-16-5-3-4-6-17(16)26-18/h3-10,13,18H,11-12H2,1-2H3,(H,21,23)(H,22,24). The highest BCUT2D eigenvalue weighted by Crippen LogP contribution is 2.31. The van der Waals surface area contributed by atoms with Crippen LogP contribution in [0.15, 0.2) is 48.5 Å². The van der Waals surface area contributed by atoms with Gasteiger partial charge in [-0.2, -0.15) is 0 Å². The Morgan fingerprint density at radius 1 is 1.08 bits per heavy atom. The number of benzene rings is 2.